The molecule has 2 heterocycles. The van der Waals surface area contributed by atoms with Crippen molar-refractivity contribution in [3.8, 4) is 6.07 Å². The maximum absolute atomic E-state index is 13.4. The molecule has 0 aromatic heterocycles. The average Bonchev–Trinajstić information content (AvgIpc) is 3.51. The topological polar surface area (TPSA) is 76.4 Å². The standard InChI is InChI=1S/C25H31F3N4O2/c1-2-3-23(33)32-14-20(21(15-32)24(34)30-18-5-6-18)16-8-10-31(11-9-16)19-7-4-17(13-29)22(12-19)25(26,27)28/h4,7,12,16,18,20-21H,2-3,5-6,8-11,14-15H2,1H3,(H,30,34)/t20-,21+/m0/s1. The Hall–Kier alpha value is -2.76. The number of piperidine rings is 1. The molecule has 2 atom stereocenters. The van der Waals surface area contributed by atoms with Crippen molar-refractivity contribution >= 4 is 17.5 Å². The molecular formula is C25H31F3N4O2. The Morgan fingerprint density at radius 2 is 1.85 bits per heavy atom. The van der Waals surface area contributed by atoms with Gasteiger partial charge < -0.3 is 15.1 Å². The van der Waals surface area contributed by atoms with Crippen LogP contribution in [0.3, 0.4) is 0 Å². The van der Waals surface area contributed by atoms with Crippen LogP contribution in [0.1, 0.15) is 56.6 Å². The lowest BCUT2D eigenvalue weighted by Crippen LogP contribution is -2.42. The van der Waals surface area contributed by atoms with Crippen molar-refractivity contribution in [1.29, 1.82) is 5.26 Å². The molecule has 4 rings (SSSR count). The van der Waals surface area contributed by atoms with E-state index in [1.165, 1.54) is 6.07 Å². The first-order valence-electron chi connectivity index (χ1n) is 12.2. The van der Waals surface area contributed by atoms with Crippen molar-refractivity contribution in [1.82, 2.24) is 10.2 Å². The predicted octanol–water partition coefficient (Wildman–Crippen LogP) is 3.95. The SMILES string of the molecule is CCCC(=O)N1C[C@@H](C(=O)NC2CC2)[C@H](C2CCN(c3ccc(C#N)c(C(F)(F)F)c3)CC2)C1. The van der Waals surface area contributed by atoms with Gasteiger partial charge >= 0.3 is 6.18 Å². The van der Waals surface area contributed by atoms with E-state index >= 15 is 0 Å². The predicted molar refractivity (Wildman–Crippen MR) is 121 cm³/mol. The van der Waals surface area contributed by atoms with Crippen LogP contribution >= 0.6 is 0 Å². The molecule has 184 valence electrons. The van der Waals surface area contributed by atoms with Crippen LogP contribution in [0.15, 0.2) is 18.2 Å². The molecule has 0 unspecified atom stereocenters. The number of nitrogens with zero attached hydrogens (tertiary/aromatic N) is 3. The molecule has 0 bridgehead atoms. The lowest BCUT2D eigenvalue weighted by molar-refractivity contribution is -0.137. The fraction of sp³-hybridized carbons (Fsp3) is 0.640. The molecular weight excluding hydrogens is 445 g/mol. The number of amides is 2. The number of carbonyl (C=O) groups is 2. The van der Waals surface area contributed by atoms with Gasteiger partial charge in [-0.3, -0.25) is 9.59 Å². The van der Waals surface area contributed by atoms with Crippen molar-refractivity contribution in [3.63, 3.8) is 0 Å². The number of halogens is 3. The Morgan fingerprint density at radius 3 is 2.44 bits per heavy atom. The highest BCUT2D eigenvalue weighted by molar-refractivity contribution is 5.83. The summed E-state index contributed by atoms with van der Waals surface area (Å²) in [5, 5.41) is 12.1. The zero-order valence-corrected chi connectivity index (χ0v) is 19.4. The zero-order valence-electron chi connectivity index (χ0n) is 19.4. The summed E-state index contributed by atoms with van der Waals surface area (Å²) in [7, 11) is 0. The minimum absolute atomic E-state index is 0.0311. The summed E-state index contributed by atoms with van der Waals surface area (Å²) in [4.78, 5) is 29.3. The summed E-state index contributed by atoms with van der Waals surface area (Å²) in [5.74, 6) is 0.178. The number of carbonyl (C=O) groups excluding carboxylic acids is 2. The minimum atomic E-state index is -4.58. The van der Waals surface area contributed by atoms with Crippen molar-refractivity contribution in [2.24, 2.45) is 17.8 Å². The third kappa shape index (κ3) is 5.31. The Bertz CT molecular complexity index is 962. The van der Waals surface area contributed by atoms with Gasteiger partial charge in [-0.1, -0.05) is 6.92 Å². The van der Waals surface area contributed by atoms with Gasteiger partial charge in [0.15, 0.2) is 0 Å². The highest BCUT2D eigenvalue weighted by atomic mass is 19.4. The van der Waals surface area contributed by atoms with E-state index in [2.05, 4.69) is 5.32 Å². The summed E-state index contributed by atoms with van der Waals surface area (Å²) in [5.41, 5.74) is -0.829. The van der Waals surface area contributed by atoms with Gasteiger partial charge in [0.1, 0.15) is 0 Å². The highest BCUT2D eigenvalue weighted by Crippen LogP contribution is 2.39. The molecule has 6 nitrogen and oxygen atoms in total. The Kier molecular flexibility index (Phi) is 7.06. The molecule has 0 radical (unpaired) electrons. The van der Waals surface area contributed by atoms with E-state index in [1.807, 2.05) is 16.7 Å². The minimum Gasteiger partial charge on any atom is -0.372 e. The zero-order chi connectivity index (χ0) is 24.5. The van der Waals surface area contributed by atoms with Gasteiger partial charge in [0.05, 0.1) is 23.1 Å². The number of likely N-dealkylation sites (tertiary alicyclic amines) is 1. The van der Waals surface area contributed by atoms with Gasteiger partial charge in [-0.25, -0.2) is 0 Å². The number of nitrogens with one attached hydrogen (secondary N) is 1. The van der Waals surface area contributed by atoms with Gasteiger partial charge in [0, 0.05) is 44.3 Å². The van der Waals surface area contributed by atoms with Crippen LogP contribution < -0.4 is 10.2 Å². The van der Waals surface area contributed by atoms with Crippen LogP contribution in [-0.4, -0.2) is 48.9 Å². The van der Waals surface area contributed by atoms with E-state index in [0.717, 1.165) is 38.2 Å². The molecule has 2 aliphatic heterocycles. The van der Waals surface area contributed by atoms with Crippen molar-refractivity contribution in [2.75, 3.05) is 31.1 Å². The van der Waals surface area contributed by atoms with Gasteiger partial charge in [0.25, 0.3) is 0 Å². The third-order valence-corrected chi connectivity index (χ3v) is 7.38. The third-order valence-electron chi connectivity index (χ3n) is 7.38. The lowest BCUT2D eigenvalue weighted by atomic mass is 9.78. The van der Waals surface area contributed by atoms with Crippen molar-refractivity contribution in [2.45, 2.75) is 57.7 Å². The molecule has 1 aromatic carbocycles. The molecule has 1 aliphatic carbocycles. The first-order valence-corrected chi connectivity index (χ1v) is 12.2. The number of rotatable bonds is 6. The lowest BCUT2D eigenvalue weighted by Gasteiger charge is -2.37. The van der Waals surface area contributed by atoms with E-state index < -0.39 is 11.7 Å². The first kappa shape index (κ1) is 24.4. The van der Waals surface area contributed by atoms with Gasteiger partial charge in [-0.05, 0) is 62.1 Å². The van der Waals surface area contributed by atoms with Crippen LogP contribution in [0.25, 0.3) is 0 Å². The fourth-order valence-corrected chi connectivity index (χ4v) is 5.34. The second-order valence-electron chi connectivity index (χ2n) is 9.77. The van der Waals surface area contributed by atoms with Crippen molar-refractivity contribution < 1.29 is 22.8 Å². The smallest absolute Gasteiger partial charge is 0.372 e. The number of anilines is 1. The summed E-state index contributed by atoms with van der Waals surface area (Å²) in [6.07, 6.45) is 0.156. The number of nitriles is 1. The molecule has 9 heteroatoms. The monoisotopic (exact) mass is 476 g/mol. The maximum atomic E-state index is 13.4. The van der Waals surface area contributed by atoms with Gasteiger partial charge in [-0.15, -0.1) is 0 Å². The molecule has 1 saturated carbocycles. The molecule has 2 saturated heterocycles. The molecule has 0 spiro atoms. The first-order chi connectivity index (χ1) is 16.2. The normalized spacial score (nSPS) is 23.6. The van der Waals surface area contributed by atoms with Crippen molar-refractivity contribution in [3.05, 3.63) is 29.3 Å². The van der Waals surface area contributed by atoms with Crippen LogP contribution in [0.4, 0.5) is 18.9 Å². The Labute approximate surface area is 198 Å². The summed E-state index contributed by atoms with van der Waals surface area (Å²) >= 11 is 0. The van der Waals surface area contributed by atoms with E-state index in [0.29, 0.717) is 38.3 Å². The van der Waals surface area contributed by atoms with Crippen LogP contribution in [-0.2, 0) is 15.8 Å². The molecule has 1 aromatic rings. The van der Waals surface area contributed by atoms with Gasteiger partial charge in [0.2, 0.25) is 11.8 Å². The van der Waals surface area contributed by atoms with E-state index in [9.17, 15) is 22.8 Å². The average molecular weight is 477 g/mol. The number of alkyl halides is 3. The molecule has 3 fully saturated rings. The maximum Gasteiger partial charge on any atom is 0.417 e. The molecule has 3 aliphatic rings. The number of benzene rings is 1. The molecule has 34 heavy (non-hydrogen) atoms. The van der Waals surface area contributed by atoms with E-state index in [4.69, 9.17) is 5.26 Å². The van der Waals surface area contributed by atoms with E-state index in [1.54, 1.807) is 12.1 Å². The fourth-order valence-electron chi connectivity index (χ4n) is 5.34. The number of hydrogen-bond acceptors (Lipinski definition) is 4. The van der Waals surface area contributed by atoms with E-state index in [-0.39, 0.29) is 41.2 Å². The van der Waals surface area contributed by atoms with Gasteiger partial charge in [-0.2, -0.15) is 18.4 Å². The number of hydrogen-bond donors (Lipinski definition) is 1. The largest absolute Gasteiger partial charge is 0.417 e. The summed E-state index contributed by atoms with van der Waals surface area (Å²) < 4.78 is 40.1. The summed E-state index contributed by atoms with van der Waals surface area (Å²) in [6, 6.07) is 5.75. The van der Waals surface area contributed by atoms with Crippen LogP contribution in [0.2, 0.25) is 0 Å². The quantitative estimate of drug-likeness (QED) is 0.675. The molecule has 1 N–H and O–H groups in total. The van der Waals surface area contributed by atoms with Crippen LogP contribution in [0, 0.1) is 29.1 Å². The Balaban J connectivity index is 1.45. The second-order valence-corrected chi connectivity index (χ2v) is 9.77. The van der Waals surface area contributed by atoms with Crippen LogP contribution in [0.5, 0.6) is 0 Å². The second kappa shape index (κ2) is 9.85. The Morgan fingerprint density at radius 1 is 1.15 bits per heavy atom. The summed E-state index contributed by atoms with van der Waals surface area (Å²) in [6.45, 7) is 4.13. The highest BCUT2D eigenvalue weighted by Gasteiger charge is 2.45. The molecule has 2 amide bonds.